The highest BCUT2D eigenvalue weighted by atomic mass is 16.5. The maximum absolute atomic E-state index is 12.3. The van der Waals surface area contributed by atoms with E-state index >= 15 is 0 Å². The molecule has 0 spiro atoms. The number of carbonyl (C=O) groups is 2. The summed E-state index contributed by atoms with van der Waals surface area (Å²) in [6.45, 7) is 2.35. The molecule has 2 N–H and O–H groups in total. The molecule has 7 nitrogen and oxygen atoms in total. The summed E-state index contributed by atoms with van der Waals surface area (Å²) in [5.41, 5.74) is 1.34. The molecule has 1 heterocycles. The van der Waals surface area contributed by atoms with Crippen molar-refractivity contribution in [3.8, 4) is 5.75 Å². The monoisotopic (exact) mass is 375 g/mol. The van der Waals surface area contributed by atoms with E-state index in [1.165, 1.54) is 0 Å². The van der Waals surface area contributed by atoms with Crippen LogP contribution in [0.25, 0.3) is 11.0 Å². The van der Waals surface area contributed by atoms with Gasteiger partial charge >= 0.3 is 11.6 Å². The standard InChI is InChI=1S/C20H25NO6/c1-13-15-8-7-14(26-2)12-17(15)27-20(25)16(13)9-10-18(22)21-11-5-3-4-6-19(23)24/h7-8,12H,3-6,9-11H2,1-2H3,(H,21,22)(H,23,24). The van der Waals surface area contributed by atoms with Crippen molar-refractivity contribution in [3.63, 3.8) is 0 Å². The molecule has 0 aliphatic heterocycles. The lowest BCUT2D eigenvalue weighted by Crippen LogP contribution is -2.25. The van der Waals surface area contributed by atoms with Crippen molar-refractivity contribution in [1.29, 1.82) is 0 Å². The summed E-state index contributed by atoms with van der Waals surface area (Å²) < 4.78 is 10.5. The Kier molecular flexibility index (Phi) is 7.40. The predicted molar refractivity (Wildman–Crippen MR) is 101 cm³/mol. The second-order valence-corrected chi connectivity index (χ2v) is 6.41. The van der Waals surface area contributed by atoms with Gasteiger partial charge in [0.2, 0.25) is 5.91 Å². The number of benzene rings is 1. The Morgan fingerprint density at radius 2 is 1.96 bits per heavy atom. The summed E-state index contributed by atoms with van der Waals surface area (Å²) in [7, 11) is 1.55. The number of hydrogen-bond acceptors (Lipinski definition) is 5. The smallest absolute Gasteiger partial charge is 0.339 e. The highest BCUT2D eigenvalue weighted by Crippen LogP contribution is 2.24. The van der Waals surface area contributed by atoms with Crippen molar-refractivity contribution in [2.24, 2.45) is 0 Å². The van der Waals surface area contributed by atoms with Gasteiger partial charge in [0.05, 0.1) is 7.11 Å². The van der Waals surface area contributed by atoms with Gasteiger partial charge < -0.3 is 19.6 Å². The molecule has 7 heteroatoms. The third-order valence-corrected chi connectivity index (χ3v) is 4.49. The lowest BCUT2D eigenvalue weighted by atomic mass is 10.0. The van der Waals surface area contributed by atoms with E-state index in [2.05, 4.69) is 5.32 Å². The minimum absolute atomic E-state index is 0.137. The number of aliphatic carboxylic acids is 1. The molecule has 0 fully saturated rings. The summed E-state index contributed by atoms with van der Waals surface area (Å²) in [6, 6.07) is 5.31. The Balaban J connectivity index is 1.90. The van der Waals surface area contributed by atoms with E-state index < -0.39 is 11.6 Å². The maximum Gasteiger partial charge on any atom is 0.339 e. The zero-order valence-electron chi connectivity index (χ0n) is 15.7. The zero-order chi connectivity index (χ0) is 19.8. The normalized spacial score (nSPS) is 10.7. The number of rotatable bonds is 10. The second-order valence-electron chi connectivity index (χ2n) is 6.41. The molecule has 2 aromatic rings. The number of nitrogens with one attached hydrogen (secondary N) is 1. The summed E-state index contributed by atoms with van der Waals surface area (Å²) in [4.78, 5) is 34.7. The van der Waals surface area contributed by atoms with E-state index in [4.69, 9.17) is 14.3 Å². The Morgan fingerprint density at radius 3 is 2.67 bits per heavy atom. The first kappa shape index (κ1) is 20.5. The van der Waals surface area contributed by atoms with Gasteiger partial charge in [-0.3, -0.25) is 9.59 Å². The van der Waals surface area contributed by atoms with Gasteiger partial charge in [0.25, 0.3) is 0 Å². The molecule has 146 valence electrons. The van der Waals surface area contributed by atoms with Crippen LogP contribution in [0, 0.1) is 6.92 Å². The van der Waals surface area contributed by atoms with E-state index in [9.17, 15) is 14.4 Å². The number of carboxylic acid groups (broad SMARTS) is 1. The second kappa shape index (κ2) is 9.75. The SMILES string of the molecule is COc1ccc2c(C)c(CCC(=O)NCCCCCC(=O)O)c(=O)oc2c1. The van der Waals surface area contributed by atoms with Gasteiger partial charge in [0.1, 0.15) is 11.3 Å². The van der Waals surface area contributed by atoms with Gasteiger partial charge in [-0.05, 0) is 43.9 Å². The molecule has 0 aliphatic rings. The first-order valence-electron chi connectivity index (χ1n) is 9.01. The molecule has 1 amide bonds. The predicted octanol–water partition coefficient (Wildman–Crippen LogP) is 2.80. The lowest BCUT2D eigenvalue weighted by Gasteiger charge is -2.09. The van der Waals surface area contributed by atoms with E-state index in [0.29, 0.717) is 36.3 Å². The topological polar surface area (TPSA) is 106 Å². The van der Waals surface area contributed by atoms with E-state index in [0.717, 1.165) is 23.8 Å². The van der Waals surface area contributed by atoms with Crippen LogP contribution in [-0.2, 0) is 16.0 Å². The van der Waals surface area contributed by atoms with Crippen LogP contribution in [-0.4, -0.2) is 30.6 Å². The quantitative estimate of drug-likeness (QED) is 0.489. The average molecular weight is 375 g/mol. The molecule has 27 heavy (non-hydrogen) atoms. The summed E-state index contributed by atoms with van der Waals surface area (Å²) in [5.74, 6) is -0.329. The van der Waals surface area contributed by atoms with Crippen molar-refractivity contribution in [3.05, 3.63) is 39.7 Å². The number of unbranched alkanes of at least 4 members (excludes halogenated alkanes) is 2. The molecule has 0 unspecified atom stereocenters. The largest absolute Gasteiger partial charge is 0.497 e. The van der Waals surface area contributed by atoms with Crippen molar-refractivity contribution < 1.29 is 23.8 Å². The average Bonchev–Trinajstić information content (AvgIpc) is 2.63. The fourth-order valence-corrected chi connectivity index (χ4v) is 2.92. The number of carboxylic acids is 1. The van der Waals surface area contributed by atoms with Crippen LogP contribution in [0.5, 0.6) is 5.75 Å². The highest BCUT2D eigenvalue weighted by molar-refractivity contribution is 5.82. The van der Waals surface area contributed by atoms with Crippen LogP contribution < -0.4 is 15.7 Å². The fourth-order valence-electron chi connectivity index (χ4n) is 2.92. The molecule has 0 atom stereocenters. The van der Waals surface area contributed by atoms with E-state index in [1.807, 2.05) is 13.0 Å². The minimum Gasteiger partial charge on any atom is -0.497 e. The molecule has 0 aliphatic carbocycles. The van der Waals surface area contributed by atoms with Crippen molar-refractivity contribution in [2.45, 2.75) is 45.4 Å². The van der Waals surface area contributed by atoms with Gasteiger partial charge in [-0.25, -0.2) is 4.79 Å². The molecule has 0 saturated heterocycles. The molecule has 0 radical (unpaired) electrons. The van der Waals surface area contributed by atoms with Crippen LogP contribution in [0.15, 0.2) is 27.4 Å². The first-order chi connectivity index (χ1) is 12.9. The van der Waals surface area contributed by atoms with Crippen molar-refractivity contribution in [1.82, 2.24) is 5.32 Å². The molecule has 1 aromatic carbocycles. The third kappa shape index (κ3) is 5.84. The molecule has 0 bridgehead atoms. The number of methoxy groups -OCH3 is 1. The molecule has 0 saturated carbocycles. The van der Waals surface area contributed by atoms with Crippen molar-refractivity contribution >= 4 is 22.8 Å². The van der Waals surface area contributed by atoms with Crippen LogP contribution in [0.2, 0.25) is 0 Å². The van der Waals surface area contributed by atoms with Crippen LogP contribution in [0.3, 0.4) is 0 Å². The van der Waals surface area contributed by atoms with Crippen LogP contribution >= 0.6 is 0 Å². The Labute approximate surface area is 157 Å². The zero-order valence-corrected chi connectivity index (χ0v) is 15.7. The van der Waals surface area contributed by atoms with Crippen LogP contribution in [0.4, 0.5) is 0 Å². The van der Waals surface area contributed by atoms with Crippen LogP contribution in [0.1, 0.15) is 43.2 Å². The summed E-state index contributed by atoms with van der Waals surface area (Å²) >= 11 is 0. The summed E-state index contributed by atoms with van der Waals surface area (Å²) in [5, 5.41) is 12.2. The van der Waals surface area contributed by atoms with Gasteiger partial charge in [0, 0.05) is 36.4 Å². The third-order valence-electron chi connectivity index (χ3n) is 4.49. The molecule has 2 rings (SSSR count). The molecular formula is C20H25NO6. The number of aryl methyl sites for hydroxylation is 1. The van der Waals surface area contributed by atoms with Gasteiger partial charge in [0.15, 0.2) is 0 Å². The highest BCUT2D eigenvalue weighted by Gasteiger charge is 2.13. The number of hydrogen-bond donors (Lipinski definition) is 2. The Hall–Kier alpha value is -2.83. The van der Waals surface area contributed by atoms with Gasteiger partial charge in [-0.2, -0.15) is 0 Å². The van der Waals surface area contributed by atoms with Crippen molar-refractivity contribution in [2.75, 3.05) is 13.7 Å². The van der Waals surface area contributed by atoms with E-state index in [1.54, 1.807) is 19.2 Å². The number of fused-ring (bicyclic) bond motifs is 1. The fraction of sp³-hybridized carbons (Fsp3) is 0.450. The van der Waals surface area contributed by atoms with Gasteiger partial charge in [-0.15, -0.1) is 0 Å². The molecule has 1 aromatic heterocycles. The lowest BCUT2D eigenvalue weighted by molar-refractivity contribution is -0.137. The number of amides is 1. The Bertz CT molecular complexity index is 871. The minimum atomic E-state index is -0.804. The first-order valence-corrected chi connectivity index (χ1v) is 9.01. The number of carbonyl (C=O) groups excluding carboxylic acids is 1. The van der Waals surface area contributed by atoms with Gasteiger partial charge in [-0.1, -0.05) is 6.42 Å². The molecular weight excluding hydrogens is 350 g/mol. The number of ether oxygens (including phenoxy) is 1. The summed E-state index contributed by atoms with van der Waals surface area (Å²) in [6.07, 6.45) is 2.74. The Morgan fingerprint density at radius 1 is 1.19 bits per heavy atom. The van der Waals surface area contributed by atoms with E-state index in [-0.39, 0.29) is 18.7 Å². The maximum atomic E-state index is 12.3.